The van der Waals surface area contributed by atoms with Crippen LogP contribution in [0, 0.1) is 26.7 Å². The summed E-state index contributed by atoms with van der Waals surface area (Å²) in [6.45, 7) is 10.6. The minimum atomic E-state index is -0.553. The van der Waals surface area contributed by atoms with Crippen LogP contribution < -0.4 is 15.8 Å². The second-order valence-corrected chi connectivity index (χ2v) is 11.0. The van der Waals surface area contributed by atoms with E-state index in [4.69, 9.17) is 10.5 Å². The predicted octanol–water partition coefficient (Wildman–Crippen LogP) is 5.51. The van der Waals surface area contributed by atoms with Crippen LogP contribution in [0.15, 0.2) is 60.7 Å². The Balaban J connectivity index is 1.57. The van der Waals surface area contributed by atoms with Crippen LogP contribution in [0.5, 0.6) is 5.75 Å². The Morgan fingerprint density at radius 1 is 0.973 bits per heavy atom. The molecule has 0 bridgehead atoms. The molecule has 1 atom stereocenters. The van der Waals surface area contributed by atoms with Gasteiger partial charge in [0.05, 0.1) is 12.6 Å². The highest BCUT2D eigenvalue weighted by Gasteiger charge is 2.43. The SMILES string of the molecule is Cc1c(C)c2c(c(C)c1N)CC(C)(CN(C(=O)C1CCNCC1)C(c1ccccc1)c1ccccc1)O2. The fraction of sp³-hybridized carbons (Fsp3) is 0.406. The van der Waals surface area contributed by atoms with Crippen molar-refractivity contribution in [2.24, 2.45) is 5.92 Å². The van der Waals surface area contributed by atoms with E-state index in [2.05, 4.69) is 86.4 Å². The van der Waals surface area contributed by atoms with Gasteiger partial charge in [0.15, 0.2) is 0 Å². The first-order valence-electron chi connectivity index (χ1n) is 13.5. The lowest BCUT2D eigenvalue weighted by atomic mass is 9.88. The van der Waals surface area contributed by atoms with Crippen molar-refractivity contribution in [1.82, 2.24) is 10.2 Å². The number of carbonyl (C=O) groups excluding carboxylic acids is 1. The van der Waals surface area contributed by atoms with Gasteiger partial charge < -0.3 is 20.7 Å². The fourth-order valence-corrected chi connectivity index (χ4v) is 6.09. The van der Waals surface area contributed by atoms with E-state index in [-0.39, 0.29) is 17.9 Å². The topological polar surface area (TPSA) is 67.6 Å². The quantitative estimate of drug-likeness (QED) is 0.441. The number of nitrogens with two attached hydrogens (primary N) is 1. The molecule has 1 unspecified atom stereocenters. The molecule has 37 heavy (non-hydrogen) atoms. The maximum Gasteiger partial charge on any atom is 0.226 e. The number of nitrogen functional groups attached to an aromatic ring is 1. The van der Waals surface area contributed by atoms with Crippen LogP contribution in [0.4, 0.5) is 5.69 Å². The largest absolute Gasteiger partial charge is 0.485 e. The van der Waals surface area contributed by atoms with Crippen molar-refractivity contribution >= 4 is 11.6 Å². The van der Waals surface area contributed by atoms with Gasteiger partial charge in [-0.1, -0.05) is 60.7 Å². The number of benzene rings is 3. The Kier molecular flexibility index (Phi) is 7.00. The third-order valence-corrected chi connectivity index (χ3v) is 8.36. The molecule has 194 valence electrons. The lowest BCUT2D eigenvalue weighted by Gasteiger charge is -2.40. The zero-order valence-electron chi connectivity index (χ0n) is 22.5. The molecular weight excluding hydrogens is 458 g/mol. The molecule has 1 fully saturated rings. The number of ether oxygens (including phenoxy) is 1. The number of amides is 1. The average molecular weight is 498 g/mol. The standard InChI is InChI=1S/C32H39N3O2/c1-21-22(2)30-27(23(3)28(21)33)19-32(4,37-30)20-35(31(36)26-15-17-34-18-16-26)29(24-11-7-5-8-12-24)25-13-9-6-10-14-25/h5-14,26,29,34H,15-20,33H2,1-4H3. The number of hydrogen-bond acceptors (Lipinski definition) is 4. The first kappa shape index (κ1) is 25.3. The van der Waals surface area contributed by atoms with Crippen LogP contribution in [-0.4, -0.2) is 36.0 Å². The average Bonchev–Trinajstić information content (AvgIpc) is 3.29. The maximum atomic E-state index is 14.4. The van der Waals surface area contributed by atoms with Gasteiger partial charge in [-0.2, -0.15) is 0 Å². The first-order chi connectivity index (χ1) is 17.8. The van der Waals surface area contributed by atoms with Crippen LogP contribution in [0.1, 0.15) is 59.2 Å². The normalized spacial score (nSPS) is 19.5. The van der Waals surface area contributed by atoms with Crippen molar-refractivity contribution in [2.45, 2.75) is 58.6 Å². The lowest BCUT2D eigenvalue weighted by Crippen LogP contribution is -2.51. The highest BCUT2D eigenvalue weighted by Crippen LogP contribution is 2.45. The van der Waals surface area contributed by atoms with Crippen molar-refractivity contribution in [3.05, 3.63) is 94.0 Å². The summed E-state index contributed by atoms with van der Waals surface area (Å²) < 4.78 is 6.77. The summed E-state index contributed by atoms with van der Waals surface area (Å²) in [6, 6.07) is 20.6. The van der Waals surface area contributed by atoms with E-state index >= 15 is 0 Å². The van der Waals surface area contributed by atoms with Gasteiger partial charge in [0.1, 0.15) is 11.4 Å². The number of piperidine rings is 1. The van der Waals surface area contributed by atoms with Crippen LogP contribution in [0.3, 0.4) is 0 Å². The monoisotopic (exact) mass is 497 g/mol. The first-order valence-corrected chi connectivity index (χ1v) is 13.5. The van der Waals surface area contributed by atoms with Gasteiger partial charge in [0, 0.05) is 23.6 Å². The van der Waals surface area contributed by atoms with Gasteiger partial charge in [-0.05, 0) is 81.4 Å². The van der Waals surface area contributed by atoms with Gasteiger partial charge in [0.25, 0.3) is 0 Å². The van der Waals surface area contributed by atoms with Crippen molar-refractivity contribution in [2.75, 3.05) is 25.4 Å². The Hall–Kier alpha value is -3.31. The smallest absolute Gasteiger partial charge is 0.226 e. The van der Waals surface area contributed by atoms with E-state index in [0.29, 0.717) is 6.54 Å². The van der Waals surface area contributed by atoms with Gasteiger partial charge in [-0.15, -0.1) is 0 Å². The number of hydrogen-bond donors (Lipinski definition) is 2. The number of anilines is 1. The molecule has 2 aliphatic rings. The molecule has 2 aliphatic heterocycles. The third kappa shape index (κ3) is 4.85. The third-order valence-electron chi connectivity index (χ3n) is 8.36. The van der Waals surface area contributed by atoms with Gasteiger partial charge in [-0.25, -0.2) is 0 Å². The lowest BCUT2D eigenvalue weighted by molar-refractivity contribution is -0.141. The molecule has 3 aromatic rings. The van der Waals surface area contributed by atoms with E-state index in [1.54, 1.807) is 0 Å². The number of nitrogens with one attached hydrogen (secondary N) is 1. The highest BCUT2D eigenvalue weighted by molar-refractivity contribution is 5.80. The van der Waals surface area contributed by atoms with E-state index < -0.39 is 5.60 Å². The van der Waals surface area contributed by atoms with E-state index in [0.717, 1.165) is 71.6 Å². The molecule has 0 aliphatic carbocycles. The number of rotatable bonds is 6. The maximum absolute atomic E-state index is 14.4. The molecule has 0 saturated carbocycles. The molecule has 2 heterocycles. The minimum Gasteiger partial charge on any atom is -0.485 e. The molecule has 3 N–H and O–H groups in total. The van der Waals surface area contributed by atoms with Crippen LogP contribution in [0.2, 0.25) is 0 Å². The van der Waals surface area contributed by atoms with Crippen molar-refractivity contribution < 1.29 is 9.53 Å². The Morgan fingerprint density at radius 2 is 1.54 bits per heavy atom. The molecule has 1 saturated heterocycles. The Morgan fingerprint density at radius 3 is 2.11 bits per heavy atom. The van der Waals surface area contributed by atoms with Crippen molar-refractivity contribution in [1.29, 1.82) is 0 Å². The Bertz CT molecular complexity index is 1190. The van der Waals surface area contributed by atoms with E-state index in [9.17, 15) is 4.79 Å². The molecule has 3 aromatic carbocycles. The summed E-state index contributed by atoms with van der Waals surface area (Å²) in [5, 5.41) is 3.41. The molecule has 5 nitrogen and oxygen atoms in total. The predicted molar refractivity (Wildman–Crippen MR) is 150 cm³/mol. The number of nitrogens with zero attached hydrogens (tertiary/aromatic N) is 1. The summed E-state index contributed by atoms with van der Waals surface area (Å²) in [7, 11) is 0. The summed E-state index contributed by atoms with van der Waals surface area (Å²) in [4.78, 5) is 16.5. The van der Waals surface area contributed by atoms with Gasteiger partial charge >= 0.3 is 0 Å². The fourth-order valence-electron chi connectivity index (χ4n) is 6.09. The highest BCUT2D eigenvalue weighted by atomic mass is 16.5. The molecule has 5 heteroatoms. The summed E-state index contributed by atoms with van der Waals surface area (Å²) in [5.41, 5.74) is 13.4. The summed E-state index contributed by atoms with van der Waals surface area (Å²) in [5.74, 6) is 1.16. The Labute approximate surface area is 221 Å². The van der Waals surface area contributed by atoms with Crippen molar-refractivity contribution in [3.8, 4) is 5.75 Å². The summed E-state index contributed by atoms with van der Waals surface area (Å²) in [6.07, 6.45) is 2.44. The zero-order valence-corrected chi connectivity index (χ0v) is 22.5. The molecular formula is C32H39N3O2. The molecule has 1 amide bonds. The van der Waals surface area contributed by atoms with Gasteiger partial charge in [-0.3, -0.25) is 4.79 Å². The second-order valence-electron chi connectivity index (χ2n) is 11.0. The van der Waals surface area contributed by atoms with Crippen LogP contribution in [0.25, 0.3) is 0 Å². The molecule has 0 radical (unpaired) electrons. The summed E-state index contributed by atoms with van der Waals surface area (Å²) >= 11 is 0. The second kappa shape index (κ2) is 10.2. The van der Waals surface area contributed by atoms with E-state index in [1.807, 2.05) is 12.1 Å². The van der Waals surface area contributed by atoms with E-state index in [1.165, 1.54) is 5.56 Å². The number of fused-ring (bicyclic) bond motifs is 1. The van der Waals surface area contributed by atoms with Crippen molar-refractivity contribution in [3.63, 3.8) is 0 Å². The molecule has 5 rings (SSSR count). The number of carbonyl (C=O) groups is 1. The van der Waals surface area contributed by atoms with Crippen LogP contribution in [-0.2, 0) is 11.2 Å². The van der Waals surface area contributed by atoms with Crippen LogP contribution >= 0.6 is 0 Å². The zero-order chi connectivity index (χ0) is 26.2. The molecule has 0 aromatic heterocycles. The minimum absolute atomic E-state index is 0.00455. The van der Waals surface area contributed by atoms with Gasteiger partial charge in [0.2, 0.25) is 5.91 Å². The molecule has 0 spiro atoms.